The van der Waals surface area contributed by atoms with Gasteiger partial charge in [-0.1, -0.05) is 6.07 Å². The van der Waals surface area contributed by atoms with Crippen molar-refractivity contribution >= 4 is 21.4 Å². The highest BCUT2D eigenvalue weighted by Gasteiger charge is 2.50. The molecule has 4 heterocycles. The van der Waals surface area contributed by atoms with Gasteiger partial charge in [-0.15, -0.1) is 11.3 Å². The number of aryl methyl sites for hydroxylation is 2. The van der Waals surface area contributed by atoms with Crippen molar-refractivity contribution in [1.82, 2.24) is 19.2 Å². The van der Waals surface area contributed by atoms with Gasteiger partial charge in [0.15, 0.2) is 0 Å². The lowest BCUT2D eigenvalue weighted by atomic mass is 10.1. The minimum absolute atomic E-state index is 0.176. The Morgan fingerprint density at radius 2 is 1.96 bits per heavy atom. The number of hydrogen-bond acceptors (Lipinski definition) is 6. The highest BCUT2D eigenvalue weighted by Crippen LogP contribution is 2.35. The molecule has 2 unspecified atom stereocenters. The van der Waals surface area contributed by atoms with Gasteiger partial charge in [-0.25, -0.2) is 13.4 Å². The Labute approximate surface area is 152 Å². The largest absolute Gasteiger partial charge is 0.296 e. The summed E-state index contributed by atoms with van der Waals surface area (Å²) < 4.78 is 27.4. The lowest BCUT2D eigenvalue weighted by molar-refractivity contribution is 0.291. The van der Waals surface area contributed by atoms with E-state index in [0.29, 0.717) is 19.6 Å². The first kappa shape index (κ1) is 17.1. The Bertz CT molecular complexity index is 880. The van der Waals surface area contributed by atoms with E-state index in [-0.39, 0.29) is 11.2 Å². The van der Waals surface area contributed by atoms with Gasteiger partial charge < -0.3 is 0 Å². The van der Waals surface area contributed by atoms with Crippen LogP contribution in [0, 0.1) is 19.8 Å². The second-order valence-corrected chi connectivity index (χ2v) is 10.2. The molecule has 0 saturated carbocycles. The number of hydrogen-bond donors (Lipinski definition) is 0. The molecule has 2 aliphatic heterocycles. The average molecular weight is 379 g/mol. The smallest absolute Gasteiger partial charge is 0.218 e. The Morgan fingerprint density at radius 3 is 2.64 bits per heavy atom. The molecule has 0 bridgehead atoms. The molecule has 0 aliphatic carbocycles. The minimum Gasteiger partial charge on any atom is -0.296 e. The van der Waals surface area contributed by atoms with Crippen molar-refractivity contribution < 1.29 is 8.42 Å². The average Bonchev–Trinajstić information content (AvgIpc) is 3.18. The first-order chi connectivity index (χ1) is 11.9. The minimum atomic E-state index is -3.25. The van der Waals surface area contributed by atoms with Gasteiger partial charge in [-0.05, 0) is 26.0 Å². The number of thiazole rings is 1. The van der Waals surface area contributed by atoms with Crippen molar-refractivity contribution in [3.63, 3.8) is 0 Å². The number of likely N-dealkylation sites (tertiary alicyclic amines) is 1. The van der Waals surface area contributed by atoms with Crippen molar-refractivity contribution in [3.05, 3.63) is 45.7 Å². The van der Waals surface area contributed by atoms with Gasteiger partial charge >= 0.3 is 0 Å². The Balaban J connectivity index is 1.44. The molecular formula is C17H22N4O2S2. The molecule has 8 heteroatoms. The summed E-state index contributed by atoms with van der Waals surface area (Å²) in [6.07, 6.45) is 0. The van der Waals surface area contributed by atoms with Crippen LogP contribution in [-0.2, 0) is 23.1 Å². The molecule has 2 aromatic rings. The molecule has 2 saturated heterocycles. The summed E-state index contributed by atoms with van der Waals surface area (Å²) in [5.41, 5.74) is 2.85. The summed E-state index contributed by atoms with van der Waals surface area (Å²) in [5.74, 6) is 0.176. The fourth-order valence-electron chi connectivity index (χ4n) is 3.86. The molecule has 6 nitrogen and oxygen atoms in total. The van der Waals surface area contributed by atoms with Crippen LogP contribution < -0.4 is 0 Å². The van der Waals surface area contributed by atoms with Crippen LogP contribution in [0.15, 0.2) is 23.6 Å². The van der Waals surface area contributed by atoms with Gasteiger partial charge in [0.05, 0.1) is 28.2 Å². The second-order valence-electron chi connectivity index (χ2n) is 6.96. The molecule has 25 heavy (non-hydrogen) atoms. The van der Waals surface area contributed by atoms with E-state index in [2.05, 4.69) is 14.9 Å². The fraction of sp³-hybridized carbons (Fsp3) is 0.529. The van der Waals surface area contributed by atoms with Crippen LogP contribution in [0.1, 0.15) is 22.1 Å². The summed E-state index contributed by atoms with van der Waals surface area (Å²) in [6, 6.07) is 5.99. The van der Waals surface area contributed by atoms with Crippen LogP contribution in [-0.4, -0.2) is 52.5 Å². The third-order valence-electron chi connectivity index (χ3n) is 4.97. The van der Waals surface area contributed by atoms with Crippen molar-refractivity contribution in [3.8, 4) is 0 Å². The van der Waals surface area contributed by atoms with E-state index in [1.165, 1.54) is 0 Å². The molecular weight excluding hydrogens is 356 g/mol. The van der Waals surface area contributed by atoms with Crippen LogP contribution in [0.5, 0.6) is 0 Å². The summed E-state index contributed by atoms with van der Waals surface area (Å²) in [6.45, 7) is 7.04. The number of pyridine rings is 1. The third kappa shape index (κ3) is 3.36. The van der Waals surface area contributed by atoms with Gasteiger partial charge in [0.2, 0.25) is 10.0 Å². The topological polar surface area (TPSA) is 66.4 Å². The first-order valence-electron chi connectivity index (χ1n) is 8.46. The zero-order valence-corrected chi connectivity index (χ0v) is 16.1. The zero-order chi connectivity index (χ0) is 17.6. The van der Waals surface area contributed by atoms with E-state index in [1.54, 1.807) is 15.6 Å². The van der Waals surface area contributed by atoms with Crippen LogP contribution in [0.2, 0.25) is 0 Å². The standard InChI is InChI=1S/C17H22N4O2S2/c1-12-4-3-5-15(18-12)8-20-6-14-7-21(25(22,23)17(14)10-20)9-16-11-24-13(2)19-16/h3-5,11,14,17H,6-10H2,1-2H3. The monoisotopic (exact) mass is 378 g/mol. The normalized spacial score (nSPS) is 26.2. The van der Waals surface area contributed by atoms with Gasteiger partial charge in [-0.2, -0.15) is 4.31 Å². The molecule has 0 aromatic carbocycles. The van der Waals surface area contributed by atoms with E-state index in [1.807, 2.05) is 37.4 Å². The number of rotatable bonds is 4. The summed E-state index contributed by atoms with van der Waals surface area (Å²) in [5, 5.41) is 2.63. The molecule has 2 fully saturated rings. The summed E-state index contributed by atoms with van der Waals surface area (Å²) in [4.78, 5) is 11.2. The molecule has 134 valence electrons. The molecule has 2 atom stereocenters. The number of nitrogens with zero attached hydrogens (tertiary/aromatic N) is 4. The Kier molecular flexibility index (Phi) is 4.39. The van der Waals surface area contributed by atoms with E-state index >= 15 is 0 Å². The molecule has 0 N–H and O–H groups in total. The van der Waals surface area contributed by atoms with Gasteiger partial charge in [0.25, 0.3) is 0 Å². The zero-order valence-electron chi connectivity index (χ0n) is 14.4. The summed E-state index contributed by atoms with van der Waals surface area (Å²) >= 11 is 1.56. The van der Waals surface area contributed by atoms with E-state index in [0.717, 1.165) is 35.2 Å². The van der Waals surface area contributed by atoms with Gasteiger partial charge in [0, 0.05) is 43.2 Å². The third-order valence-corrected chi connectivity index (χ3v) is 8.09. The predicted molar refractivity (Wildman–Crippen MR) is 97.7 cm³/mol. The molecule has 0 amide bonds. The van der Waals surface area contributed by atoms with Crippen molar-refractivity contribution in [2.75, 3.05) is 19.6 Å². The first-order valence-corrected chi connectivity index (χ1v) is 10.8. The second kappa shape index (κ2) is 6.42. The maximum absolute atomic E-state index is 12.9. The maximum Gasteiger partial charge on any atom is 0.218 e. The maximum atomic E-state index is 12.9. The molecule has 2 aromatic heterocycles. The molecule has 0 spiro atoms. The summed E-state index contributed by atoms with van der Waals surface area (Å²) in [7, 11) is -3.25. The van der Waals surface area contributed by atoms with Crippen LogP contribution in [0.4, 0.5) is 0 Å². The molecule has 0 radical (unpaired) electrons. The van der Waals surface area contributed by atoms with Crippen LogP contribution in [0.3, 0.4) is 0 Å². The fourth-order valence-corrected chi connectivity index (χ4v) is 6.61. The SMILES string of the molecule is Cc1cccc(CN2CC3CN(Cc4csc(C)n4)S(=O)(=O)C3C2)n1. The number of sulfonamides is 1. The Hall–Kier alpha value is -1.35. The van der Waals surface area contributed by atoms with E-state index < -0.39 is 10.0 Å². The number of fused-ring (bicyclic) bond motifs is 1. The van der Waals surface area contributed by atoms with Crippen LogP contribution >= 0.6 is 11.3 Å². The van der Waals surface area contributed by atoms with Gasteiger partial charge in [0.1, 0.15) is 0 Å². The van der Waals surface area contributed by atoms with Crippen LogP contribution in [0.25, 0.3) is 0 Å². The van der Waals surface area contributed by atoms with Gasteiger partial charge in [-0.3, -0.25) is 9.88 Å². The highest BCUT2D eigenvalue weighted by atomic mass is 32.2. The number of aromatic nitrogens is 2. The Morgan fingerprint density at radius 1 is 1.12 bits per heavy atom. The quantitative estimate of drug-likeness (QED) is 0.812. The molecule has 2 aliphatic rings. The lowest BCUT2D eigenvalue weighted by Gasteiger charge is -2.20. The highest BCUT2D eigenvalue weighted by molar-refractivity contribution is 7.90. The predicted octanol–water partition coefficient (Wildman–Crippen LogP) is 1.80. The van der Waals surface area contributed by atoms with Crippen molar-refractivity contribution in [2.24, 2.45) is 5.92 Å². The lowest BCUT2D eigenvalue weighted by Crippen LogP contribution is -2.34. The van der Waals surface area contributed by atoms with Crippen molar-refractivity contribution in [1.29, 1.82) is 0 Å². The van der Waals surface area contributed by atoms with Crippen molar-refractivity contribution in [2.45, 2.75) is 32.2 Å². The van der Waals surface area contributed by atoms with E-state index in [9.17, 15) is 8.42 Å². The van der Waals surface area contributed by atoms with E-state index in [4.69, 9.17) is 0 Å². The molecule has 4 rings (SSSR count).